The van der Waals surface area contributed by atoms with E-state index in [2.05, 4.69) is 25.4 Å². The molecular formula is C18H21N7OS. The molecule has 0 atom stereocenters. The third kappa shape index (κ3) is 4.13. The number of aryl methyl sites for hydroxylation is 2. The van der Waals surface area contributed by atoms with Crippen molar-refractivity contribution in [3.8, 4) is 0 Å². The number of anilines is 1. The van der Waals surface area contributed by atoms with Crippen LogP contribution in [0.25, 0.3) is 0 Å². The van der Waals surface area contributed by atoms with Crippen LogP contribution in [-0.4, -0.2) is 42.1 Å². The Morgan fingerprint density at radius 1 is 1.26 bits per heavy atom. The van der Waals surface area contributed by atoms with Crippen molar-refractivity contribution in [2.75, 3.05) is 11.9 Å². The number of aromatic nitrogens is 5. The van der Waals surface area contributed by atoms with E-state index in [0.29, 0.717) is 32.0 Å². The minimum atomic E-state index is 0.188. The van der Waals surface area contributed by atoms with E-state index in [0.717, 1.165) is 30.0 Å². The standard InChI is InChI=1S/C18H21N7OS/c1-13-16(27-12-22-13)3-4-17(26)24-7-8-25-15(11-24)9-14(23-25)10-21-18-19-5-2-6-20-18/h2,5-6,9,12H,3-4,7-8,10-11H2,1H3,(H,19,20,21). The molecule has 1 aliphatic heterocycles. The van der Waals surface area contributed by atoms with Crippen LogP contribution in [0.2, 0.25) is 0 Å². The summed E-state index contributed by atoms with van der Waals surface area (Å²) in [6.07, 6.45) is 4.68. The Bertz CT molecular complexity index is 921. The summed E-state index contributed by atoms with van der Waals surface area (Å²) in [5.74, 6) is 0.770. The molecule has 4 heterocycles. The van der Waals surface area contributed by atoms with Crippen LogP contribution >= 0.6 is 11.3 Å². The Hall–Kier alpha value is -2.81. The maximum Gasteiger partial charge on any atom is 0.223 e. The molecule has 0 saturated heterocycles. The lowest BCUT2D eigenvalue weighted by Crippen LogP contribution is -2.38. The first kappa shape index (κ1) is 17.6. The topological polar surface area (TPSA) is 88.8 Å². The predicted molar refractivity (Wildman–Crippen MR) is 102 cm³/mol. The van der Waals surface area contributed by atoms with Gasteiger partial charge in [-0.2, -0.15) is 5.10 Å². The van der Waals surface area contributed by atoms with Crippen molar-refractivity contribution in [1.29, 1.82) is 0 Å². The van der Waals surface area contributed by atoms with E-state index >= 15 is 0 Å². The number of hydrogen-bond acceptors (Lipinski definition) is 7. The molecule has 8 nitrogen and oxygen atoms in total. The fraction of sp³-hybridized carbons (Fsp3) is 0.389. The Kier molecular flexibility index (Phi) is 5.10. The Balaban J connectivity index is 1.33. The molecule has 0 saturated carbocycles. The van der Waals surface area contributed by atoms with Crippen LogP contribution in [0.5, 0.6) is 0 Å². The van der Waals surface area contributed by atoms with Gasteiger partial charge < -0.3 is 10.2 Å². The molecule has 0 unspecified atom stereocenters. The SMILES string of the molecule is Cc1ncsc1CCC(=O)N1CCn2nc(CNc3ncccn3)cc2C1. The molecule has 4 rings (SSSR count). The van der Waals surface area contributed by atoms with E-state index in [1.165, 1.54) is 4.88 Å². The molecule has 0 spiro atoms. The highest BCUT2D eigenvalue weighted by atomic mass is 32.1. The van der Waals surface area contributed by atoms with Gasteiger partial charge in [0, 0.05) is 30.2 Å². The summed E-state index contributed by atoms with van der Waals surface area (Å²) in [5, 5.41) is 7.77. The van der Waals surface area contributed by atoms with Crippen LogP contribution in [0.1, 0.15) is 28.4 Å². The van der Waals surface area contributed by atoms with Gasteiger partial charge >= 0.3 is 0 Å². The van der Waals surface area contributed by atoms with Crippen LogP contribution in [-0.2, 0) is 30.8 Å². The molecule has 3 aromatic rings. The van der Waals surface area contributed by atoms with Gasteiger partial charge in [0.2, 0.25) is 11.9 Å². The van der Waals surface area contributed by atoms with Gasteiger partial charge in [0.25, 0.3) is 0 Å². The summed E-state index contributed by atoms with van der Waals surface area (Å²) in [6.45, 7) is 4.58. The van der Waals surface area contributed by atoms with Gasteiger partial charge in [-0.1, -0.05) is 0 Å². The molecule has 0 bridgehead atoms. The van der Waals surface area contributed by atoms with Crippen LogP contribution in [0.3, 0.4) is 0 Å². The Morgan fingerprint density at radius 2 is 2.11 bits per heavy atom. The van der Waals surface area contributed by atoms with Gasteiger partial charge in [-0.05, 0) is 25.5 Å². The van der Waals surface area contributed by atoms with Gasteiger partial charge in [0.15, 0.2) is 0 Å². The summed E-state index contributed by atoms with van der Waals surface area (Å²) in [6, 6.07) is 3.82. The molecule has 0 aliphatic carbocycles. The number of hydrogen-bond donors (Lipinski definition) is 1. The summed E-state index contributed by atoms with van der Waals surface area (Å²) >= 11 is 1.62. The quantitative estimate of drug-likeness (QED) is 0.701. The van der Waals surface area contributed by atoms with Gasteiger partial charge in [-0.3, -0.25) is 9.48 Å². The van der Waals surface area contributed by atoms with Gasteiger partial charge in [0.1, 0.15) is 0 Å². The zero-order valence-electron chi connectivity index (χ0n) is 15.1. The van der Waals surface area contributed by atoms with Crippen molar-refractivity contribution in [2.45, 2.75) is 39.4 Å². The Labute approximate surface area is 161 Å². The lowest BCUT2D eigenvalue weighted by molar-refractivity contribution is -0.132. The van der Waals surface area contributed by atoms with E-state index in [1.807, 2.05) is 28.1 Å². The highest BCUT2D eigenvalue weighted by Gasteiger charge is 2.22. The number of carbonyl (C=O) groups is 1. The van der Waals surface area contributed by atoms with Crippen LogP contribution in [0.15, 0.2) is 30.0 Å². The minimum absolute atomic E-state index is 0.188. The molecule has 9 heteroatoms. The average Bonchev–Trinajstić information content (AvgIpc) is 3.30. The highest BCUT2D eigenvalue weighted by Crippen LogP contribution is 2.18. The number of fused-ring (bicyclic) bond motifs is 1. The van der Waals surface area contributed by atoms with Crippen LogP contribution < -0.4 is 5.32 Å². The first-order valence-corrected chi connectivity index (χ1v) is 9.80. The van der Waals surface area contributed by atoms with E-state index in [-0.39, 0.29) is 5.91 Å². The van der Waals surface area contributed by atoms with E-state index < -0.39 is 0 Å². The van der Waals surface area contributed by atoms with Gasteiger partial charge in [0.05, 0.1) is 42.2 Å². The second-order valence-corrected chi connectivity index (χ2v) is 7.39. The van der Waals surface area contributed by atoms with Crippen molar-refractivity contribution in [3.05, 3.63) is 52.0 Å². The molecule has 3 aromatic heterocycles. The third-order valence-corrected chi connectivity index (χ3v) is 5.60. The number of thiazole rings is 1. The molecular weight excluding hydrogens is 362 g/mol. The summed E-state index contributed by atoms with van der Waals surface area (Å²) in [4.78, 5) is 28.2. The van der Waals surface area contributed by atoms with Crippen molar-refractivity contribution < 1.29 is 4.79 Å². The number of carbonyl (C=O) groups excluding carboxylic acids is 1. The van der Waals surface area contributed by atoms with Crippen molar-refractivity contribution >= 4 is 23.2 Å². The van der Waals surface area contributed by atoms with Crippen LogP contribution in [0.4, 0.5) is 5.95 Å². The van der Waals surface area contributed by atoms with Gasteiger partial charge in [-0.15, -0.1) is 11.3 Å². The molecule has 0 aromatic carbocycles. The predicted octanol–water partition coefficient (Wildman–Crippen LogP) is 2.03. The summed E-state index contributed by atoms with van der Waals surface area (Å²) < 4.78 is 1.99. The maximum absolute atomic E-state index is 12.6. The molecule has 140 valence electrons. The molecule has 1 amide bonds. The summed E-state index contributed by atoms with van der Waals surface area (Å²) in [7, 11) is 0. The fourth-order valence-corrected chi connectivity index (χ4v) is 3.91. The first-order chi connectivity index (χ1) is 13.2. The number of amides is 1. The molecule has 0 fully saturated rings. The number of rotatable bonds is 6. The molecule has 1 aliphatic rings. The van der Waals surface area contributed by atoms with Gasteiger partial charge in [-0.25, -0.2) is 15.0 Å². The van der Waals surface area contributed by atoms with Crippen molar-refractivity contribution in [1.82, 2.24) is 29.6 Å². The zero-order valence-corrected chi connectivity index (χ0v) is 15.9. The van der Waals surface area contributed by atoms with E-state index in [9.17, 15) is 4.79 Å². The lowest BCUT2D eigenvalue weighted by Gasteiger charge is -2.27. The monoisotopic (exact) mass is 383 g/mol. The van der Waals surface area contributed by atoms with Crippen LogP contribution in [0, 0.1) is 6.92 Å². The number of nitrogens with one attached hydrogen (secondary N) is 1. The fourth-order valence-electron chi connectivity index (χ4n) is 3.13. The molecule has 1 N–H and O–H groups in total. The number of nitrogens with zero attached hydrogens (tertiary/aromatic N) is 6. The molecule has 0 radical (unpaired) electrons. The normalized spacial score (nSPS) is 13.4. The molecule has 27 heavy (non-hydrogen) atoms. The smallest absolute Gasteiger partial charge is 0.223 e. The lowest BCUT2D eigenvalue weighted by atomic mass is 10.2. The van der Waals surface area contributed by atoms with E-state index in [1.54, 1.807) is 29.8 Å². The second kappa shape index (κ2) is 7.83. The third-order valence-electron chi connectivity index (χ3n) is 4.61. The second-order valence-electron chi connectivity index (χ2n) is 6.45. The van der Waals surface area contributed by atoms with E-state index in [4.69, 9.17) is 0 Å². The summed E-state index contributed by atoms with van der Waals surface area (Å²) in [5.41, 5.74) is 4.86. The maximum atomic E-state index is 12.6. The first-order valence-electron chi connectivity index (χ1n) is 8.92. The average molecular weight is 383 g/mol. The largest absolute Gasteiger partial charge is 0.348 e. The Morgan fingerprint density at radius 3 is 2.89 bits per heavy atom. The minimum Gasteiger partial charge on any atom is -0.348 e. The zero-order chi connectivity index (χ0) is 18.6. The van der Waals surface area contributed by atoms with Crippen molar-refractivity contribution in [2.24, 2.45) is 0 Å². The highest BCUT2D eigenvalue weighted by molar-refractivity contribution is 7.09. The van der Waals surface area contributed by atoms with Crippen molar-refractivity contribution in [3.63, 3.8) is 0 Å².